The summed E-state index contributed by atoms with van der Waals surface area (Å²) in [5.74, 6) is -0.268. The van der Waals surface area contributed by atoms with Gasteiger partial charge < -0.3 is 14.8 Å². The van der Waals surface area contributed by atoms with Gasteiger partial charge >= 0.3 is 6.03 Å². The first kappa shape index (κ1) is 24.2. The topological polar surface area (TPSA) is 40.5 Å². The average molecular weight is 515 g/mol. The van der Waals surface area contributed by atoms with Crippen molar-refractivity contribution in [3.05, 3.63) is 70.1 Å². The van der Waals surface area contributed by atoms with Crippen LogP contribution in [0.3, 0.4) is 0 Å². The molecule has 5 nitrogen and oxygen atoms in total. The van der Waals surface area contributed by atoms with E-state index in [1.54, 1.807) is 12.1 Å². The van der Waals surface area contributed by atoms with Crippen molar-refractivity contribution in [2.45, 2.75) is 38.8 Å². The van der Waals surface area contributed by atoms with E-state index in [1.807, 2.05) is 21.6 Å². The molecule has 2 aliphatic heterocycles. The molecule has 35 heavy (non-hydrogen) atoms. The van der Waals surface area contributed by atoms with Gasteiger partial charge in [0.25, 0.3) is 0 Å². The van der Waals surface area contributed by atoms with Crippen LogP contribution in [-0.2, 0) is 0 Å². The molecular formula is C27H29Cl2FN4O. The monoisotopic (exact) mass is 514 g/mol. The molecule has 1 N–H and O–H groups in total. The van der Waals surface area contributed by atoms with E-state index in [1.165, 1.54) is 17.7 Å². The highest BCUT2D eigenvalue weighted by Crippen LogP contribution is 2.37. The molecule has 1 aromatic heterocycles. The molecule has 2 aromatic carbocycles. The van der Waals surface area contributed by atoms with Gasteiger partial charge in [0.2, 0.25) is 0 Å². The number of hydrogen-bond acceptors (Lipinski definition) is 2. The van der Waals surface area contributed by atoms with Gasteiger partial charge in [-0.1, -0.05) is 29.3 Å². The molecule has 5 rings (SSSR count). The van der Waals surface area contributed by atoms with Crippen molar-refractivity contribution in [1.82, 2.24) is 19.7 Å². The zero-order valence-electron chi connectivity index (χ0n) is 19.9. The van der Waals surface area contributed by atoms with Gasteiger partial charge in [-0.15, -0.1) is 0 Å². The van der Waals surface area contributed by atoms with Crippen molar-refractivity contribution in [3.8, 4) is 5.69 Å². The molecule has 1 saturated heterocycles. The van der Waals surface area contributed by atoms with Crippen LogP contribution in [0, 0.1) is 5.82 Å². The van der Waals surface area contributed by atoms with Crippen LogP contribution in [0.4, 0.5) is 9.18 Å². The Hall–Kier alpha value is -2.54. The third kappa shape index (κ3) is 4.80. The van der Waals surface area contributed by atoms with E-state index in [0.29, 0.717) is 10.0 Å². The van der Waals surface area contributed by atoms with E-state index in [4.69, 9.17) is 23.2 Å². The summed E-state index contributed by atoms with van der Waals surface area (Å²) in [5, 5.41) is 5.02. The number of nitrogens with one attached hydrogen (secondary N) is 1. The molecule has 0 spiro atoms. The van der Waals surface area contributed by atoms with Crippen LogP contribution >= 0.6 is 23.2 Å². The van der Waals surface area contributed by atoms with Crippen LogP contribution in [-0.4, -0.2) is 58.7 Å². The van der Waals surface area contributed by atoms with E-state index < -0.39 is 0 Å². The number of carbonyl (C=O) groups excluding carboxylic acids is 1. The molecule has 1 unspecified atom stereocenters. The largest absolute Gasteiger partial charge is 0.336 e. The lowest BCUT2D eigenvalue weighted by molar-refractivity contribution is 0.174. The first-order valence-electron chi connectivity index (χ1n) is 12.1. The third-order valence-corrected chi connectivity index (χ3v) is 7.76. The second-order valence-electron chi connectivity index (χ2n) is 9.58. The Balaban J connectivity index is 1.37. The number of hydrogen-bond donors (Lipinski definition) is 1. The minimum Gasteiger partial charge on any atom is -0.336 e. The lowest BCUT2D eigenvalue weighted by Gasteiger charge is -2.31. The van der Waals surface area contributed by atoms with Crippen LogP contribution in [0.5, 0.6) is 0 Å². The molecule has 184 valence electrons. The molecule has 0 aliphatic carbocycles. The Morgan fingerprint density at radius 1 is 1.14 bits per heavy atom. The van der Waals surface area contributed by atoms with Gasteiger partial charge in [0.05, 0.1) is 21.6 Å². The number of fused-ring (bicyclic) bond motifs is 1. The summed E-state index contributed by atoms with van der Waals surface area (Å²) in [7, 11) is 0. The zero-order valence-corrected chi connectivity index (χ0v) is 21.4. The predicted molar refractivity (Wildman–Crippen MR) is 141 cm³/mol. The molecule has 3 heterocycles. The molecule has 1 atom stereocenters. The summed E-state index contributed by atoms with van der Waals surface area (Å²) in [6, 6.07) is 10.7. The van der Waals surface area contributed by atoms with Gasteiger partial charge in [0.15, 0.2) is 0 Å². The number of benzene rings is 2. The average Bonchev–Trinajstić information content (AvgIpc) is 3.39. The highest BCUT2D eigenvalue weighted by Gasteiger charge is 2.32. The molecule has 0 bridgehead atoms. The molecule has 0 radical (unpaired) electrons. The Bertz CT molecular complexity index is 1280. The molecule has 1 fully saturated rings. The number of urea groups is 1. The fraction of sp³-hybridized carbons (Fsp3) is 0.370. The first-order valence-corrected chi connectivity index (χ1v) is 12.8. The first-order chi connectivity index (χ1) is 16.8. The quantitative estimate of drug-likeness (QED) is 0.415. The van der Waals surface area contributed by atoms with Crippen molar-refractivity contribution in [2.75, 3.05) is 26.2 Å². The smallest absolute Gasteiger partial charge is 0.318 e. The fourth-order valence-corrected chi connectivity index (χ4v) is 5.56. The second kappa shape index (κ2) is 9.84. The Morgan fingerprint density at radius 3 is 2.57 bits per heavy atom. The van der Waals surface area contributed by atoms with Gasteiger partial charge in [-0.2, -0.15) is 0 Å². The molecule has 8 heteroatoms. The molecule has 3 aromatic rings. The molecule has 0 saturated carbocycles. The lowest BCUT2D eigenvalue weighted by Crippen LogP contribution is -2.41. The third-order valence-electron chi connectivity index (χ3n) is 7.04. The van der Waals surface area contributed by atoms with E-state index in [9.17, 15) is 9.18 Å². The highest BCUT2D eigenvalue weighted by atomic mass is 35.5. The van der Waals surface area contributed by atoms with Crippen molar-refractivity contribution in [1.29, 1.82) is 0 Å². The normalized spacial score (nSPS) is 19.0. The maximum Gasteiger partial charge on any atom is 0.318 e. The lowest BCUT2D eigenvalue weighted by atomic mass is 9.98. The van der Waals surface area contributed by atoms with Crippen LogP contribution in [0.15, 0.2) is 48.7 Å². The van der Waals surface area contributed by atoms with Crippen molar-refractivity contribution < 1.29 is 9.18 Å². The Morgan fingerprint density at radius 2 is 1.89 bits per heavy atom. The zero-order chi connectivity index (χ0) is 24.7. The maximum absolute atomic E-state index is 13.5. The SMILES string of the molecule is CC(C)N1C(=O)NCC1CCN1CC=C(c2cn(-c3ccc(F)cc3)c3cc(Cl)c(Cl)cc23)CC1. The molecular weight excluding hydrogens is 486 g/mol. The van der Waals surface area contributed by atoms with Crippen LogP contribution in [0.25, 0.3) is 22.2 Å². The maximum atomic E-state index is 13.5. The Labute approximate surface area is 215 Å². The summed E-state index contributed by atoms with van der Waals surface area (Å²) < 4.78 is 15.6. The van der Waals surface area contributed by atoms with Gasteiger partial charge in [-0.25, -0.2) is 9.18 Å². The van der Waals surface area contributed by atoms with Gasteiger partial charge in [0, 0.05) is 55.1 Å². The molecule has 2 aliphatic rings. The van der Waals surface area contributed by atoms with Crippen LogP contribution in [0.1, 0.15) is 32.3 Å². The van der Waals surface area contributed by atoms with E-state index in [-0.39, 0.29) is 23.9 Å². The van der Waals surface area contributed by atoms with E-state index in [2.05, 4.69) is 36.3 Å². The number of amides is 2. The fourth-order valence-electron chi connectivity index (χ4n) is 5.24. The number of rotatable bonds is 6. The van der Waals surface area contributed by atoms with Crippen LogP contribution < -0.4 is 5.32 Å². The number of halogens is 3. The predicted octanol–water partition coefficient (Wildman–Crippen LogP) is 6.36. The molecule has 2 amide bonds. The summed E-state index contributed by atoms with van der Waals surface area (Å²) in [6.07, 6.45) is 6.26. The van der Waals surface area contributed by atoms with E-state index >= 15 is 0 Å². The van der Waals surface area contributed by atoms with Gasteiger partial charge in [-0.05, 0) is 68.7 Å². The minimum atomic E-state index is -0.268. The van der Waals surface area contributed by atoms with Crippen molar-refractivity contribution >= 4 is 45.7 Å². The minimum absolute atomic E-state index is 0.0436. The Kier molecular flexibility index (Phi) is 6.80. The van der Waals surface area contributed by atoms with Gasteiger partial charge in [-0.3, -0.25) is 4.90 Å². The second-order valence-corrected chi connectivity index (χ2v) is 10.4. The number of aromatic nitrogens is 1. The number of carbonyl (C=O) groups is 1. The summed E-state index contributed by atoms with van der Waals surface area (Å²) in [6.45, 7) is 7.61. The number of nitrogens with zero attached hydrogens (tertiary/aromatic N) is 3. The van der Waals surface area contributed by atoms with Crippen molar-refractivity contribution in [3.63, 3.8) is 0 Å². The summed E-state index contributed by atoms with van der Waals surface area (Å²) in [4.78, 5) is 16.5. The van der Waals surface area contributed by atoms with Crippen molar-refractivity contribution in [2.24, 2.45) is 0 Å². The summed E-state index contributed by atoms with van der Waals surface area (Å²) in [5.41, 5.74) is 4.20. The van der Waals surface area contributed by atoms with Crippen LogP contribution in [0.2, 0.25) is 10.0 Å². The standard InChI is InChI=1S/C27H29Cl2FN4O/c1-17(2)34-21(15-31-27(34)35)9-12-32-10-7-18(8-11-32)23-16-33(20-5-3-19(30)4-6-20)26-14-25(29)24(28)13-22(23)26/h3-7,13-14,16-17,21H,8-12,15H2,1-2H3,(H,31,35). The highest BCUT2D eigenvalue weighted by molar-refractivity contribution is 6.42. The summed E-state index contributed by atoms with van der Waals surface area (Å²) >= 11 is 12.8. The van der Waals surface area contributed by atoms with E-state index in [0.717, 1.165) is 61.2 Å². The van der Waals surface area contributed by atoms with Gasteiger partial charge in [0.1, 0.15) is 5.82 Å².